The van der Waals surface area contributed by atoms with Gasteiger partial charge in [-0.3, -0.25) is 9.79 Å². The third-order valence-electron chi connectivity index (χ3n) is 6.60. The van der Waals surface area contributed by atoms with Crippen molar-refractivity contribution in [3.63, 3.8) is 0 Å². The molecular weight excluding hydrogens is 404 g/mol. The van der Waals surface area contributed by atoms with Crippen molar-refractivity contribution in [2.45, 2.75) is 56.9 Å². The predicted octanol–water partition coefficient (Wildman–Crippen LogP) is 2.90. The van der Waals surface area contributed by atoms with E-state index in [9.17, 15) is 18.1 Å². The van der Waals surface area contributed by atoms with Gasteiger partial charge in [-0.1, -0.05) is 31.4 Å². The Morgan fingerprint density at radius 1 is 1.17 bits per heavy atom. The minimum atomic E-state index is -3.45. The summed E-state index contributed by atoms with van der Waals surface area (Å²) in [7, 11) is -3.45. The highest BCUT2D eigenvalue weighted by Gasteiger charge is 2.48. The maximum atomic E-state index is 12.8. The molecule has 162 valence electrons. The summed E-state index contributed by atoms with van der Waals surface area (Å²) in [4.78, 5) is 28.2. The summed E-state index contributed by atoms with van der Waals surface area (Å²) in [5, 5.41) is 5.90. The summed E-state index contributed by atoms with van der Waals surface area (Å²) in [6.45, 7) is 0.597. The molecule has 8 nitrogen and oxygen atoms in total. The zero-order valence-electron chi connectivity index (χ0n) is 17.0. The van der Waals surface area contributed by atoms with E-state index < -0.39 is 15.6 Å². The summed E-state index contributed by atoms with van der Waals surface area (Å²) in [5.74, 6) is 1.05. The quantitative estimate of drug-likeness (QED) is 0.697. The van der Waals surface area contributed by atoms with Gasteiger partial charge >= 0.3 is 0 Å². The first-order valence-electron chi connectivity index (χ1n) is 10.7. The zero-order chi connectivity index (χ0) is 21.2. The van der Waals surface area contributed by atoms with E-state index in [2.05, 4.69) is 10.5 Å². The van der Waals surface area contributed by atoms with E-state index in [0.717, 1.165) is 24.2 Å². The van der Waals surface area contributed by atoms with E-state index in [-0.39, 0.29) is 11.7 Å². The first kappa shape index (κ1) is 21.1. The minimum absolute atomic E-state index is 0.0366. The van der Waals surface area contributed by atoms with Gasteiger partial charge in [0.25, 0.3) is 5.91 Å². The Labute approximate surface area is 177 Å². The predicted molar refractivity (Wildman–Crippen MR) is 115 cm³/mol. The first-order valence-corrected chi connectivity index (χ1v) is 12.3. The van der Waals surface area contributed by atoms with Crippen molar-refractivity contribution in [1.82, 2.24) is 9.62 Å². The Morgan fingerprint density at radius 3 is 2.60 bits per heavy atom. The number of rotatable bonds is 6. The Morgan fingerprint density at radius 2 is 1.90 bits per heavy atom. The molecule has 0 radical (unpaired) electrons. The van der Waals surface area contributed by atoms with Crippen molar-refractivity contribution < 1.29 is 13.2 Å². The van der Waals surface area contributed by atoms with Crippen molar-refractivity contribution in [3.8, 4) is 0 Å². The Hall–Kier alpha value is -2.13. The summed E-state index contributed by atoms with van der Waals surface area (Å²) in [6, 6.07) is 6.69. The Balaban J connectivity index is 1.37. The molecule has 1 aliphatic carbocycles. The Kier molecular flexibility index (Phi) is 6.02. The summed E-state index contributed by atoms with van der Waals surface area (Å²) in [6.07, 6.45) is 6.86. The number of amides is 1. The highest BCUT2D eigenvalue weighted by Crippen LogP contribution is 2.34. The molecule has 30 heavy (non-hydrogen) atoms. The van der Waals surface area contributed by atoms with Gasteiger partial charge in [-0.25, -0.2) is 12.7 Å². The molecule has 4 rings (SSSR count). The van der Waals surface area contributed by atoms with Gasteiger partial charge in [0.1, 0.15) is 17.1 Å². The van der Waals surface area contributed by atoms with Gasteiger partial charge in [-0.15, -0.1) is 4.91 Å². The molecule has 0 aromatic heterocycles. The summed E-state index contributed by atoms with van der Waals surface area (Å²) in [5.41, 5.74) is 0.257. The maximum Gasteiger partial charge on any atom is 0.253 e. The normalized spacial score (nSPS) is 22.7. The number of amidine groups is 1. The second-order valence-corrected chi connectivity index (χ2v) is 10.6. The fraction of sp³-hybridized carbons (Fsp3) is 0.619. The fourth-order valence-electron chi connectivity index (χ4n) is 4.73. The molecule has 1 aromatic carbocycles. The smallest absolute Gasteiger partial charge is 0.253 e. The number of aryl methyl sites for hydroxylation is 1. The van der Waals surface area contributed by atoms with Crippen LogP contribution in [0.4, 0.5) is 5.69 Å². The van der Waals surface area contributed by atoms with Crippen LogP contribution in [0.1, 0.15) is 50.5 Å². The number of carbonyl (C=O) groups is 1. The van der Waals surface area contributed by atoms with Crippen LogP contribution in [0.3, 0.4) is 0 Å². The standard InChI is InChI=1S/C21H28N4O4S/c26-20-21(23-19(22-20)17-6-2-1-3-7-17)10-12-25(13-11-21)30(28,29)14-9-16-5-4-8-18(15-16)24-27/h4-5,8,15,17H,1-3,6-7,9-14H2,(H,22,23,26). The fourth-order valence-corrected chi connectivity index (χ4v) is 6.22. The number of carbonyl (C=O) groups excluding carboxylic acids is 1. The Bertz CT molecular complexity index is 946. The first-order chi connectivity index (χ1) is 14.4. The SMILES string of the molecule is O=Nc1cccc(CCS(=O)(=O)N2CCC3(CC2)N=C(C2CCCCC2)NC3=O)c1. The largest absolute Gasteiger partial charge is 0.312 e. The summed E-state index contributed by atoms with van der Waals surface area (Å²) >= 11 is 0. The second kappa shape index (κ2) is 8.55. The molecule has 0 bridgehead atoms. The van der Waals surface area contributed by atoms with Crippen LogP contribution in [0.5, 0.6) is 0 Å². The van der Waals surface area contributed by atoms with E-state index in [4.69, 9.17) is 4.99 Å². The molecule has 1 N–H and O–H groups in total. The molecule has 3 aliphatic rings. The van der Waals surface area contributed by atoms with E-state index in [1.807, 2.05) is 0 Å². The number of sulfonamides is 1. The van der Waals surface area contributed by atoms with Crippen molar-refractivity contribution in [1.29, 1.82) is 0 Å². The van der Waals surface area contributed by atoms with Gasteiger partial charge < -0.3 is 5.32 Å². The van der Waals surface area contributed by atoms with Crippen molar-refractivity contribution in [2.24, 2.45) is 16.1 Å². The molecule has 0 unspecified atom stereocenters. The lowest BCUT2D eigenvalue weighted by molar-refractivity contribution is -0.125. The van der Waals surface area contributed by atoms with Crippen LogP contribution in [0.2, 0.25) is 0 Å². The van der Waals surface area contributed by atoms with Crippen LogP contribution in [-0.4, -0.2) is 48.8 Å². The lowest BCUT2D eigenvalue weighted by Gasteiger charge is -2.34. The number of piperidine rings is 1. The highest BCUT2D eigenvalue weighted by atomic mass is 32.2. The monoisotopic (exact) mass is 432 g/mol. The minimum Gasteiger partial charge on any atom is -0.312 e. The average molecular weight is 433 g/mol. The number of benzene rings is 1. The van der Waals surface area contributed by atoms with Gasteiger partial charge in [0.05, 0.1) is 5.75 Å². The van der Waals surface area contributed by atoms with Crippen molar-refractivity contribution >= 4 is 27.5 Å². The molecule has 1 spiro atoms. The second-order valence-electron chi connectivity index (χ2n) is 8.54. The van der Waals surface area contributed by atoms with Crippen LogP contribution in [-0.2, 0) is 21.2 Å². The maximum absolute atomic E-state index is 12.8. The molecular formula is C21H28N4O4S. The van der Waals surface area contributed by atoms with Gasteiger partial charge in [0.15, 0.2) is 0 Å². The van der Waals surface area contributed by atoms with Crippen LogP contribution in [0.15, 0.2) is 34.4 Å². The topological polar surface area (TPSA) is 108 Å². The number of hydrogen-bond donors (Lipinski definition) is 1. The van der Waals surface area contributed by atoms with E-state index in [1.165, 1.54) is 23.6 Å². The lowest BCUT2D eigenvalue weighted by atomic mass is 9.88. The highest BCUT2D eigenvalue weighted by molar-refractivity contribution is 7.89. The lowest BCUT2D eigenvalue weighted by Crippen LogP contribution is -2.51. The molecule has 2 fully saturated rings. The van der Waals surface area contributed by atoms with Crippen LogP contribution >= 0.6 is 0 Å². The molecule has 1 amide bonds. The molecule has 9 heteroatoms. The van der Waals surface area contributed by atoms with Gasteiger partial charge in [-0.2, -0.15) is 0 Å². The molecule has 2 heterocycles. The molecule has 0 atom stereocenters. The van der Waals surface area contributed by atoms with E-state index in [0.29, 0.717) is 44.0 Å². The van der Waals surface area contributed by atoms with Crippen molar-refractivity contribution in [2.75, 3.05) is 18.8 Å². The van der Waals surface area contributed by atoms with Gasteiger partial charge in [0, 0.05) is 19.0 Å². The number of nitrogens with one attached hydrogen (secondary N) is 1. The van der Waals surface area contributed by atoms with E-state index in [1.54, 1.807) is 24.3 Å². The average Bonchev–Trinajstić information content (AvgIpc) is 3.09. The number of hydrogen-bond acceptors (Lipinski definition) is 6. The van der Waals surface area contributed by atoms with Crippen LogP contribution < -0.4 is 5.32 Å². The summed E-state index contributed by atoms with van der Waals surface area (Å²) < 4.78 is 27.1. The molecule has 1 saturated carbocycles. The van der Waals surface area contributed by atoms with Crippen molar-refractivity contribution in [3.05, 3.63) is 34.7 Å². The molecule has 2 aliphatic heterocycles. The van der Waals surface area contributed by atoms with Gasteiger partial charge in [0.2, 0.25) is 10.0 Å². The van der Waals surface area contributed by atoms with E-state index >= 15 is 0 Å². The molecule has 1 aromatic rings. The third-order valence-corrected chi connectivity index (χ3v) is 8.47. The number of nitrogens with zero attached hydrogens (tertiary/aromatic N) is 3. The third kappa shape index (κ3) is 4.32. The van der Waals surface area contributed by atoms with Crippen LogP contribution in [0, 0.1) is 10.8 Å². The molecule has 1 saturated heterocycles. The van der Waals surface area contributed by atoms with Gasteiger partial charge in [-0.05, 0) is 55.0 Å². The number of nitroso groups, excluding NO2 is 1. The zero-order valence-corrected chi connectivity index (χ0v) is 17.9. The van der Waals surface area contributed by atoms with Crippen LogP contribution in [0.25, 0.3) is 0 Å². The number of aliphatic imine (C=N–C) groups is 1.